The zero-order chi connectivity index (χ0) is 13.0. The van der Waals surface area contributed by atoms with E-state index < -0.39 is 0 Å². The average molecular weight is 246 g/mol. The summed E-state index contributed by atoms with van der Waals surface area (Å²) < 4.78 is 4.97. The van der Waals surface area contributed by atoms with Crippen molar-refractivity contribution in [2.45, 2.75) is 20.1 Å². The largest absolute Gasteiger partial charge is 0.448 e. The van der Waals surface area contributed by atoms with Gasteiger partial charge in [-0.3, -0.25) is 4.79 Å². The Balaban J connectivity index is 2.04. The number of nitrogens with one attached hydrogen (secondary N) is 1. The molecule has 0 aliphatic carbocycles. The fourth-order valence-corrected chi connectivity index (χ4v) is 1.67. The number of carbonyl (C=O) groups is 1. The highest BCUT2D eigenvalue weighted by Crippen LogP contribution is 2.09. The van der Waals surface area contributed by atoms with Crippen molar-refractivity contribution < 1.29 is 14.3 Å². The molecule has 0 atom stereocenters. The lowest BCUT2D eigenvalue weighted by Crippen LogP contribution is -2.24. The van der Waals surface area contributed by atoms with Gasteiger partial charge in [0.25, 0.3) is 5.91 Å². The molecular weight excluding hydrogens is 232 g/mol. The van der Waals surface area contributed by atoms with Crippen molar-refractivity contribution in [3.63, 3.8) is 0 Å². The maximum Gasteiger partial charge on any atom is 0.273 e. The van der Waals surface area contributed by atoms with Crippen LogP contribution in [0.5, 0.6) is 0 Å². The van der Waals surface area contributed by atoms with Crippen molar-refractivity contribution in [2.75, 3.05) is 0 Å². The van der Waals surface area contributed by atoms with E-state index in [0.29, 0.717) is 12.3 Å². The standard InChI is InChI=1S/C13H14N2O3/c1-9-12(15-8-18-9)13(17)14-6-10-4-2-3-5-11(10)7-16/h2-5,8,16H,6-7H2,1H3,(H,14,17). The zero-order valence-corrected chi connectivity index (χ0v) is 10.0. The van der Waals surface area contributed by atoms with Crippen LogP contribution in [0.25, 0.3) is 0 Å². The van der Waals surface area contributed by atoms with Crippen LogP contribution in [-0.4, -0.2) is 16.0 Å². The Bertz CT molecular complexity index is 549. The summed E-state index contributed by atoms with van der Waals surface area (Å²) in [5.41, 5.74) is 1.97. The fourth-order valence-electron chi connectivity index (χ4n) is 1.67. The minimum Gasteiger partial charge on any atom is -0.448 e. The first-order valence-corrected chi connectivity index (χ1v) is 5.58. The van der Waals surface area contributed by atoms with Crippen LogP contribution in [0.15, 0.2) is 35.1 Å². The summed E-state index contributed by atoms with van der Waals surface area (Å²) in [4.78, 5) is 15.6. The number of hydrogen-bond donors (Lipinski definition) is 2. The predicted octanol–water partition coefficient (Wildman–Crippen LogP) is 1.41. The fraction of sp³-hybridized carbons (Fsp3) is 0.231. The number of nitrogens with zero attached hydrogens (tertiary/aromatic N) is 1. The summed E-state index contributed by atoms with van der Waals surface area (Å²) in [6, 6.07) is 7.39. The first-order chi connectivity index (χ1) is 8.72. The van der Waals surface area contributed by atoms with Gasteiger partial charge < -0.3 is 14.8 Å². The highest BCUT2D eigenvalue weighted by molar-refractivity contribution is 5.92. The molecule has 2 N–H and O–H groups in total. The summed E-state index contributed by atoms with van der Waals surface area (Å²) in [6.45, 7) is 1.99. The predicted molar refractivity (Wildman–Crippen MR) is 64.8 cm³/mol. The molecule has 1 aromatic carbocycles. The molecule has 0 spiro atoms. The van der Waals surface area contributed by atoms with Gasteiger partial charge in [-0.2, -0.15) is 0 Å². The Morgan fingerprint density at radius 2 is 2.11 bits per heavy atom. The van der Waals surface area contributed by atoms with Gasteiger partial charge in [0, 0.05) is 6.54 Å². The van der Waals surface area contributed by atoms with Crippen molar-refractivity contribution in [2.24, 2.45) is 0 Å². The smallest absolute Gasteiger partial charge is 0.273 e. The number of aliphatic hydroxyl groups is 1. The van der Waals surface area contributed by atoms with Crippen molar-refractivity contribution in [3.05, 3.63) is 53.2 Å². The molecule has 5 nitrogen and oxygen atoms in total. The first-order valence-electron chi connectivity index (χ1n) is 5.58. The first kappa shape index (κ1) is 12.3. The van der Waals surface area contributed by atoms with Crippen LogP contribution in [-0.2, 0) is 13.2 Å². The molecule has 0 radical (unpaired) electrons. The molecule has 0 unspecified atom stereocenters. The van der Waals surface area contributed by atoms with Gasteiger partial charge in [0.1, 0.15) is 5.76 Å². The van der Waals surface area contributed by atoms with E-state index >= 15 is 0 Å². The summed E-state index contributed by atoms with van der Waals surface area (Å²) in [6.07, 6.45) is 1.24. The Morgan fingerprint density at radius 3 is 2.72 bits per heavy atom. The average Bonchev–Trinajstić information content (AvgIpc) is 2.82. The normalized spacial score (nSPS) is 10.3. The second kappa shape index (κ2) is 5.46. The van der Waals surface area contributed by atoms with Crippen molar-refractivity contribution in [1.82, 2.24) is 10.3 Å². The Morgan fingerprint density at radius 1 is 1.39 bits per heavy atom. The summed E-state index contributed by atoms with van der Waals surface area (Å²) in [5, 5.41) is 11.9. The van der Waals surface area contributed by atoms with Crippen LogP contribution in [0.3, 0.4) is 0 Å². The highest BCUT2D eigenvalue weighted by Gasteiger charge is 2.13. The summed E-state index contributed by atoms with van der Waals surface area (Å²) in [7, 11) is 0. The lowest BCUT2D eigenvalue weighted by molar-refractivity contribution is 0.0944. The number of rotatable bonds is 4. The SMILES string of the molecule is Cc1ocnc1C(=O)NCc1ccccc1CO. The number of aryl methyl sites for hydroxylation is 1. The number of amides is 1. The monoisotopic (exact) mass is 246 g/mol. The van der Waals surface area contributed by atoms with Crippen LogP contribution in [0.2, 0.25) is 0 Å². The molecule has 0 saturated heterocycles. The summed E-state index contributed by atoms with van der Waals surface area (Å²) in [5.74, 6) is 0.205. The molecule has 2 rings (SSSR count). The lowest BCUT2D eigenvalue weighted by atomic mass is 10.1. The van der Waals surface area contributed by atoms with Gasteiger partial charge in [0.15, 0.2) is 12.1 Å². The number of hydrogen-bond acceptors (Lipinski definition) is 4. The number of oxazole rings is 1. The maximum absolute atomic E-state index is 11.8. The van der Waals surface area contributed by atoms with Gasteiger partial charge >= 0.3 is 0 Å². The second-order valence-electron chi connectivity index (χ2n) is 3.87. The van der Waals surface area contributed by atoms with E-state index in [2.05, 4.69) is 10.3 Å². The van der Waals surface area contributed by atoms with Crippen molar-refractivity contribution >= 4 is 5.91 Å². The van der Waals surface area contributed by atoms with E-state index in [0.717, 1.165) is 11.1 Å². The van der Waals surface area contributed by atoms with Crippen LogP contribution >= 0.6 is 0 Å². The number of aliphatic hydroxyl groups excluding tert-OH is 1. The molecule has 0 aliphatic heterocycles. The molecule has 0 aliphatic rings. The van der Waals surface area contributed by atoms with E-state index in [1.165, 1.54) is 6.39 Å². The van der Waals surface area contributed by atoms with Crippen molar-refractivity contribution in [3.8, 4) is 0 Å². The molecule has 5 heteroatoms. The van der Waals surface area contributed by atoms with Gasteiger partial charge in [-0.1, -0.05) is 24.3 Å². The molecule has 1 amide bonds. The van der Waals surface area contributed by atoms with Gasteiger partial charge in [-0.15, -0.1) is 0 Å². The maximum atomic E-state index is 11.8. The van der Waals surface area contributed by atoms with E-state index in [4.69, 9.17) is 4.42 Å². The number of benzene rings is 1. The van der Waals surface area contributed by atoms with E-state index in [1.807, 2.05) is 24.3 Å². The van der Waals surface area contributed by atoms with Crippen LogP contribution in [0, 0.1) is 6.92 Å². The minimum atomic E-state index is -0.283. The number of carbonyl (C=O) groups excluding carboxylic acids is 1. The molecule has 0 fully saturated rings. The third-order valence-corrected chi connectivity index (χ3v) is 2.69. The molecule has 1 aromatic heterocycles. The van der Waals surface area contributed by atoms with Gasteiger partial charge in [0.05, 0.1) is 6.61 Å². The number of aromatic nitrogens is 1. The van der Waals surface area contributed by atoms with E-state index in [1.54, 1.807) is 6.92 Å². The second-order valence-corrected chi connectivity index (χ2v) is 3.87. The third-order valence-electron chi connectivity index (χ3n) is 2.69. The molecular formula is C13H14N2O3. The van der Waals surface area contributed by atoms with Crippen LogP contribution < -0.4 is 5.32 Å². The Kier molecular flexibility index (Phi) is 3.74. The van der Waals surface area contributed by atoms with Crippen LogP contribution in [0.4, 0.5) is 0 Å². The van der Waals surface area contributed by atoms with Gasteiger partial charge in [-0.05, 0) is 18.1 Å². The molecule has 2 aromatic rings. The summed E-state index contributed by atoms with van der Waals surface area (Å²) >= 11 is 0. The molecule has 94 valence electrons. The van der Waals surface area contributed by atoms with Crippen LogP contribution in [0.1, 0.15) is 27.4 Å². The Labute approximate surface area is 104 Å². The quantitative estimate of drug-likeness (QED) is 0.855. The van der Waals surface area contributed by atoms with Crippen molar-refractivity contribution in [1.29, 1.82) is 0 Å². The van der Waals surface area contributed by atoms with E-state index in [9.17, 15) is 9.90 Å². The third kappa shape index (κ3) is 2.57. The Hall–Kier alpha value is -2.14. The molecule has 1 heterocycles. The molecule has 0 bridgehead atoms. The topological polar surface area (TPSA) is 75.4 Å². The molecule has 18 heavy (non-hydrogen) atoms. The lowest BCUT2D eigenvalue weighted by Gasteiger charge is -2.08. The van der Waals surface area contributed by atoms with Gasteiger partial charge in [-0.25, -0.2) is 4.98 Å². The minimum absolute atomic E-state index is 0.0466. The van der Waals surface area contributed by atoms with E-state index in [-0.39, 0.29) is 18.2 Å². The highest BCUT2D eigenvalue weighted by atomic mass is 16.3. The zero-order valence-electron chi connectivity index (χ0n) is 10.0. The molecule has 0 saturated carbocycles. The van der Waals surface area contributed by atoms with Gasteiger partial charge in [0.2, 0.25) is 0 Å².